The first kappa shape index (κ1) is 16.1. The van der Waals surface area contributed by atoms with E-state index in [1.54, 1.807) is 0 Å². The van der Waals surface area contributed by atoms with E-state index < -0.39 is 0 Å². The molecule has 0 aromatic rings. The minimum Gasteiger partial charge on any atom is -0.328 e. The van der Waals surface area contributed by atoms with Crippen LogP contribution in [-0.4, -0.2) is 11.8 Å². The molecule has 1 aliphatic rings. The standard InChI is InChI=1S/C9H17NO.C2H6.CH4/c1-2-9(11)7-3-5-8(10)6-4-7;1-2;/h7-8H,2-6,10H2,1H3;1-2H3;1H4. The van der Waals surface area contributed by atoms with Gasteiger partial charge in [-0.1, -0.05) is 28.2 Å². The van der Waals surface area contributed by atoms with Gasteiger partial charge in [0.1, 0.15) is 5.78 Å². The smallest absolute Gasteiger partial charge is 0.135 e. The van der Waals surface area contributed by atoms with Gasteiger partial charge >= 0.3 is 0 Å². The Morgan fingerprint density at radius 3 is 2.00 bits per heavy atom. The average Bonchev–Trinajstić information content (AvgIpc) is 2.21. The van der Waals surface area contributed by atoms with Crippen LogP contribution in [0.3, 0.4) is 0 Å². The molecule has 2 nitrogen and oxygen atoms in total. The van der Waals surface area contributed by atoms with Crippen molar-refractivity contribution in [2.75, 3.05) is 0 Å². The molecule has 14 heavy (non-hydrogen) atoms. The van der Waals surface area contributed by atoms with Crippen molar-refractivity contribution in [3.63, 3.8) is 0 Å². The van der Waals surface area contributed by atoms with Crippen LogP contribution in [-0.2, 0) is 4.79 Å². The third-order valence-corrected chi connectivity index (χ3v) is 2.58. The molecule has 1 fully saturated rings. The van der Waals surface area contributed by atoms with E-state index in [0.717, 1.165) is 25.7 Å². The van der Waals surface area contributed by atoms with Gasteiger partial charge in [-0.3, -0.25) is 4.79 Å². The molecule has 1 rings (SSSR count). The van der Waals surface area contributed by atoms with Crippen molar-refractivity contribution in [3.8, 4) is 0 Å². The van der Waals surface area contributed by atoms with Gasteiger partial charge in [0.25, 0.3) is 0 Å². The number of carbonyl (C=O) groups excluding carboxylic acids is 1. The number of nitrogens with two attached hydrogens (primary N) is 1. The monoisotopic (exact) mass is 201 g/mol. The molecule has 0 amide bonds. The molecule has 2 heteroatoms. The Morgan fingerprint density at radius 1 is 1.21 bits per heavy atom. The van der Waals surface area contributed by atoms with Crippen LogP contribution in [0.5, 0.6) is 0 Å². The van der Waals surface area contributed by atoms with Crippen LogP contribution < -0.4 is 5.73 Å². The Balaban J connectivity index is 0. The highest BCUT2D eigenvalue weighted by Crippen LogP contribution is 2.24. The number of Topliss-reactive ketones (excluding diaryl/α,β-unsaturated/α-hetero) is 1. The van der Waals surface area contributed by atoms with Crippen molar-refractivity contribution < 1.29 is 4.79 Å². The van der Waals surface area contributed by atoms with E-state index in [1.165, 1.54) is 0 Å². The predicted molar refractivity (Wildman–Crippen MR) is 63.3 cm³/mol. The summed E-state index contributed by atoms with van der Waals surface area (Å²) in [7, 11) is 0. The van der Waals surface area contributed by atoms with E-state index >= 15 is 0 Å². The lowest BCUT2D eigenvalue weighted by atomic mass is 9.83. The Hall–Kier alpha value is -0.370. The summed E-state index contributed by atoms with van der Waals surface area (Å²) in [6.07, 6.45) is 4.81. The van der Waals surface area contributed by atoms with Crippen LogP contribution in [0, 0.1) is 5.92 Å². The van der Waals surface area contributed by atoms with E-state index in [1.807, 2.05) is 20.8 Å². The van der Waals surface area contributed by atoms with Gasteiger partial charge < -0.3 is 5.73 Å². The van der Waals surface area contributed by atoms with Crippen molar-refractivity contribution in [1.29, 1.82) is 0 Å². The summed E-state index contributed by atoms with van der Waals surface area (Å²) in [6, 6.07) is 0.357. The summed E-state index contributed by atoms with van der Waals surface area (Å²) in [6.45, 7) is 5.94. The van der Waals surface area contributed by atoms with E-state index in [2.05, 4.69) is 0 Å². The largest absolute Gasteiger partial charge is 0.328 e. The highest BCUT2D eigenvalue weighted by atomic mass is 16.1. The molecule has 1 saturated carbocycles. The quantitative estimate of drug-likeness (QED) is 0.746. The molecule has 0 bridgehead atoms. The lowest BCUT2D eigenvalue weighted by molar-refractivity contribution is -0.123. The summed E-state index contributed by atoms with van der Waals surface area (Å²) in [5.41, 5.74) is 5.73. The lowest BCUT2D eigenvalue weighted by Crippen LogP contribution is -2.29. The fourth-order valence-electron chi connectivity index (χ4n) is 1.73. The number of rotatable bonds is 2. The molecule has 0 atom stereocenters. The van der Waals surface area contributed by atoms with Crippen molar-refractivity contribution in [2.45, 2.75) is 66.3 Å². The van der Waals surface area contributed by atoms with Crippen LogP contribution in [0.15, 0.2) is 0 Å². The fourth-order valence-corrected chi connectivity index (χ4v) is 1.73. The molecule has 0 saturated heterocycles. The highest BCUT2D eigenvalue weighted by Gasteiger charge is 2.22. The van der Waals surface area contributed by atoms with Crippen LogP contribution in [0.25, 0.3) is 0 Å². The van der Waals surface area contributed by atoms with Gasteiger partial charge in [-0.15, -0.1) is 0 Å². The predicted octanol–water partition coefficient (Wildman–Crippen LogP) is 3.15. The van der Waals surface area contributed by atoms with Gasteiger partial charge in [0.05, 0.1) is 0 Å². The zero-order chi connectivity index (χ0) is 10.3. The van der Waals surface area contributed by atoms with Gasteiger partial charge in [-0.2, -0.15) is 0 Å². The summed E-state index contributed by atoms with van der Waals surface area (Å²) < 4.78 is 0. The topological polar surface area (TPSA) is 43.1 Å². The second kappa shape index (κ2) is 9.20. The normalized spacial score (nSPS) is 25.4. The van der Waals surface area contributed by atoms with Crippen molar-refractivity contribution >= 4 is 5.78 Å². The van der Waals surface area contributed by atoms with Crippen LogP contribution in [0.2, 0.25) is 0 Å². The number of hydrogen-bond donors (Lipinski definition) is 1. The molecule has 0 unspecified atom stereocenters. The molecule has 0 aromatic carbocycles. The van der Waals surface area contributed by atoms with E-state index in [4.69, 9.17) is 5.73 Å². The van der Waals surface area contributed by atoms with Crippen molar-refractivity contribution in [1.82, 2.24) is 0 Å². The summed E-state index contributed by atoms with van der Waals surface area (Å²) in [5, 5.41) is 0. The minimum absolute atomic E-state index is 0. The third-order valence-electron chi connectivity index (χ3n) is 2.58. The Kier molecular flexibility index (Phi) is 10.6. The van der Waals surface area contributed by atoms with Crippen LogP contribution >= 0.6 is 0 Å². The number of hydrogen-bond acceptors (Lipinski definition) is 2. The zero-order valence-electron chi connectivity index (χ0n) is 9.18. The lowest BCUT2D eigenvalue weighted by Gasteiger charge is -2.24. The molecule has 86 valence electrons. The highest BCUT2D eigenvalue weighted by molar-refractivity contribution is 5.80. The van der Waals surface area contributed by atoms with Gasteiger partial charge in [0, 0.05) is 18.4 Å². The maximum atomic E-state index is 11.2. The Bertz CT molecular complexity index is 137. The molecular weight excluding hydrogens is 174 g/mol. The van der Waals surface area contributed by atoms with Gasteiger partial charge in [-0.05, 0) is 25.7 Å². The second-order valence-corrected chi connectivity index (χ2v) is 3.43. The SMILES string of the molecule is C.CC.CCC(=O)C1CCC(N)CC1. The molecule has 0 heterocycles. The molecule has 2 N–H and O–H groups in total. The number of ketones is 1. The fraction of sp³-hybridized carbons (Fsp3) is 0.917. The van der Waals surface area contributed by atoms with Crippen molar-refractivity contribution in [3.05, 3.63) is 0 Å². The molecular formula is C12H27NO. The Labute approximate surface area is 89.3 Å². The maximum Gasteiger partial charge on any atom is 0.135 e. The summed E-state index contributed by atoms with van der Waals surface area (Å²) in [5.74, 6) is 0.761. The van der Waals surface area contributed by atoms with Crippen LogP contribution in [0.1, 0.15) is 60.3 Å². The summed E-state index contributed by atoms with van der Waals surface area (Å²) >= 11 is 0. The molecule has 0 aromatic heterocycles. The first-order chi connectivity index (χ1) is 6.24. The van der Waals surface area contributed by atoms with Gasteiger partial charge in [-0.25, -0.2) is 0 Å². The van der Waals surface area contributed by atoms with Crippen LogP contribution in [0.4, 0.5) is 0 Å². The second-order valence-electron chi connectivity index (χ2n) is 3.43. The summed E-state index contributed by atoms with van der Waals surface area (Å²) in [4.78, 5) is 11.2. The van der Waals surface area contributed by atoms with Gasteiger partial charge in [0.15, 0.2) is 0 Å². The minimum atomic E-state index is 0. The third kappa shape index (κ3) is 5.38. The first-order valence-corrected chi connectivity index (χ1v) is 5.52. The van der Waals surface area contributed by atoms with E-state index in [9.17, 15) is 4.79 Å². The molecule has 0 radical (unpaired) electrons. The average molecular weight is 201 g/mol. The van der Waals surface area contributed by atoms with E-state index in [-0.39, 0.29) is 7.43 Å². The Morgan fingerprint density at radius 2 is 1.64 bits per heavy atom. The maximum absolute atomic E-state index is 11.2. The molecule has 0 spiro atoms. The molecule has 0 aliphatic heterocycles. The molecule has 1 aliphatic carbocycles. The van der Waals surface area contributed by atoms with Crippen molar-refractivity contribution in [2.24, 2.45) is 11.7 Å². The number of carbonyl (C=O) groups is 1. The zero-order valence-corrected chi connectivity index (χ0v) is 9.18. The first-order valence-electron chi connectivity index (χ1n) is 5.52. The van der Waals surface area contributed by atoms with E-state index in [0.29, 0.717) is 24.2 Å². The van der Waals surface area contributed by atoms with Gasteiger partial charge in [0.2, 0.25) is 0 Å².